The van der Waals surface area contributed by atoms with Crippen LogP contribution in [0.15, 0.2) is 18.2 Å². The fourth-order valence-electron chi connectivity index (χ4n) is 2.63. The average Bonchev–Trinajstić information content (AvgIpc) is 2.46. The van der Waals surface area contributed by atoms with Crippen molar-refractivity contribution < 1.29 is 9.53 Å². The maximum absolute atomic E-state index is 12.2. The van der Waals surface area contributed by atoms with Crippen molar-refractivity contribution in [3.8, 4) is 5.75 Å². The third-order valence-electron chi connectivity index (χ3n) is 3.95. The number of para-hydroxylation sites is 1. The standard InChI is InChI=1S/C15H23N3O2/c1-18-9-4-3-6-11(18)10-17-15(19)12-7-5-8-13(20-2)14(12)16/h5,7-8,11H,3-4,6,9-10,16H2,1-2H3,(H,17,19). The molecule has 0 bridgehead atoms. The van der Waals surface area contributed by atoms with Gasteiger partial charge in [0.05, 0.1) is 18.4 Å². The first-order valence-electron chi connectivity index (χ1n) is 7.04. The number of hydrogen-bond donors (Lipinski definition) is 2. The molecule has 0 saturated carbocycles. The van der Waals surface area contributed by atoms with Crippen molar-refractivity contribution in [2.24, 2.45) is 0 Å². The normalized spacial score (nSPS) is 19.6. The predicted molar refractivity (Wildman–Crippen MR) is 80.0 cm³/mol. The van der Waals surface area contributed by atoms with Crippen molar-refractivity contribution in [2.45, 2.75) is 25.3 Å². The summed E-state index contributed by atoms with van der Waals surface area (Å²) in [6.07, 6.45) is 3.60. The lowest BCUT2D eigenvalue weighted by Gasteiger charge is -2.32. The van der Waals surface area contributed by atoms with Gasteiger partial charge in [-0.05, 0) is 38.6 Å². The molecule has 1 fully saturated rings. The molecule has 5 nitrogen and oxygen atoms in total. The summed E-state index contributed by atoms with van der Waals surface area (Å²) in [6.45, 7) is 1.76. The summed E-state index contributed by atoms with van der Waals surface area (Å²) < 4.78 is 5.13. The molecule has 20 heavy (non-hydrogen) atoms. The minimum Gasteiger partial charge on any atom is -0.495 e. The third kappa shape index (κ3) is 3.22. The van der Waals surface area contributed by atoms with E-state index in [-0.39, 0.29) is 5.91 Å². The van der Waals surface area contributed by atoms with Gasteiger partial charge < -0.3 is 20.7 Å². The Hall–Kier alpha value is -1.75. The zero-order chi connectivity index (χ0) is 14.5. The number of nitrogens with one attached hydrogen (secondary N) is 1. The number of anilines is 1. The Bertz CT molecular complexity index is 476. The van der Waals surface area contributed by atoms with Crippen LogP contribution in [-0.2, 0) is 0 Å². The first kappa shape index (κ1) is 14.7. The van der Waals surface area contributed by atoms with Gasteiger partial charge in [-0.2, -0.15) is 0 Å². The average molecular weight is 277 g/mol. The molecule has 1 saturated heterocycles. The van der Waals surface area contributed by atoms with Crippen LogP contribution in [0.3, 0.4) is 0 Å². The number of methoxy groups -OCH3 is 1. The zero-order valence-electron chi connectivity index (χ0n) is 12.2. The SMILES string of the molecule is COc1cccc(C(=O)NCC2CCCCN2C)c1N. The number of nitrogens with zero attached hydrogens (tertiary/aromatic N) is 1. The minimum absolute atomic E-state index is 0.139. The molecule has 1 unspecified atom stereocenters. The highest BCUT2D eigenvalue weighted by molar-refractivity contribution is 6.00. The maximum Gasteiger partial charge on any atom is 0.253 e. The minimum atomic E-state index is -0.139. The van der Waals surface area contributed by atoms with Crippen LogP contribution in [0.2, 0.25) is 0 Å². The number of piperidine rings is 1. The molecule has 1 aromatic rings. The van der Waals surface area contributed by atoms with Crippen molar-refractivity contribution in [1.82, 2.24) is 10.2 Å². The number of likely N-dealkylation sites (N-methyl/N-ethyl adjacent to an activating group) is 1. The number of ether oxygens (including phenoxy) is 1. The van der Waals surface area contributed by atoms with Gasteiger partial charge in [-0.3, -0.25) is 4.79 Å². The summed E-state index contributed by atoms with van der Waals surface area (Å²) in [5, 5.41) is 2.98. The van der Waals surface area contributed by atoms with Crippen molar-refractivity contribution in [3.63, 3.8) is 0 Å². The van der Waals surface area contributed by atoms with E-state index < -0.39 is 0 Å². The van der Waals surface area contributed by atoms with Gasteiger partial charge in [-0.15, -0.1) is 0 Å². The van der Waals surface area contributed by atoms with E-state index in [4.69, 9.17) is 10.5 Å². The molecule has 0 aliphatic carbocycles. The summed E-state index contributed by atoms with van der Waals surface area (Å²) in [5.74, 6) is 0.396. The van der Waals surface area contributed by atoms with Gasteiger partial charge >= 0.3 is 0 Å². The summed E-state index contributed by atoms with van der Waals surface area (Å²) in [5.41, 5.74) is 6.80. The number of hydrogen-bond acceptors (Lipinski definition) is 4. The second-order valence-electron chi connectivity index (χ2n) is 5.26. The molecule has 1 aliphatic heterocycles. The van der Waals surface area contributed by atoms with Crippen molar-refractivity contribution in [1.29, 1.82) is 0 Å². The summed E-state index contributed by atoms with van der Waals surface area (Å²) in [7, 11) is 3.65. The Morgan fingerprint density at radius 2 is 2.30 bits per heavy atom. The summed E-state index contributed by atoms with van der Waals surface area (Å²) >= 11 is 0. The first-order valence-corrected chi connectivity index (χ1v) is 7.04. The lowest BCUT2D eigenvalue weighted by Crippen LogP contribution is -2.44. The molecule has 1 heterocycles. The number of amides is 1. The van der Waals surface area contributed by atoms with E-state index >= 15 is 0 Å². The number of benzene rings is 1. The molecular formula is C15H23N3O2. The number of nitrogens with two attached hydrogens (primary N) is 1. The molecule has 1 atom stereocenters. The van der Waals surface area contributed by atoms with Crippen molar-refractivity contribution in [3.05, 3.63) is 23.8 Å². The van der Waals surface area contributed by atoms with Gasteiger partial charge in [0.2, 0.25) is 0 Å². The Labute approximate surface area is 120 Å². The van der Waals surface area contributed by atoms with Crippen molar-refractivity contribution >= 4 is 11.6 Å². The second kappa shape index (κ2) is 6.61. The molecule has 1 aliphatic rings. The van der Waals surface area contributed by atoms with Gasteiger partial charge in [-0.1, -0.05) is 12.5 Å². The largest absolute Gasteiger partial charge is 0.495 e. The Morgan fingerprint density at radius 3 is 3.00 bits per heavy atom. The van der Waals surface area contributed by atoms with Gasteiger partial charge in [0.1, 0.15) is 5.75 Å². The fourth-order valence-corrected chi connectivity index (χ4v) is 2.63. The molecule has 0 spiro atoms. The fraction of sp³-hybridized carbons (Fsp3) is 0.533. The summed E-state index contributed by atoms with van der Waals surface area (Å²) in [6, 6.07) is 5.66. The Morgan fingerprint density at radius 1 is 1.50 bits per heavy atom. The zero-order valence-corrected chi connectivity index (χ0v) is 12.2. The van der Waals surface area contributed by atoms with Crippen LogP contribution in [0.25, 0.3) is 0 Å². The topological polar surface area (TPSA) is 67.6 Å². The number of rotatable bonds is 4. The monoisotopic (exact) mass is 277 g/mol. The Balaban J connectivity index is 1.98. The van der Waals surface area contributed by atoms with Crippen LogP contribution in [0.5, 0.6) is 5.75 Å². The molecule has 0 aromatic heterocycles. The van der Waals surface area contributed by atoms with E-state index in [0.29, 0.717) is 29.6 Å². The molecule has 5 heteroatoms. The first-order chi connectivity index (χ1) is 9.63. The lowest BCUT2D eigenvalue weighted by molar-refractivity contribution is 0.0929. The van der Waals surface area contributed by atoms with Gasteiger partial charge in [-0.25, -0.2) is 0 Å². The van der Waals surface area contributed by atoms with Crippen LogP contribution < -0.4 is 15.8 Å². The summed E-state index contributed by atoms with van der Waals surface area (Å²) in [4.78, 5) is 14.5. The molecule has 3 N–H and O–H groups in total. The van der Waals surface area contributed by atoms with Gasteiger partial charge in [0.15, 0.2) is 0 Å². The molecule has 1 aromatic carbocycles. The molecule has 0 radical (unpaired) electrons. The third-order valence-corrected chi connectivity index (χ3v) is 3.95. The molecular weight excluding hydrogens is 254 g/mol. The van der Waals surface area contributed by atoms with Crippen LogP contribution >= 0.6 is 0 Å². The van der Waals surface area contributed by atoms with Crippen LogP contribution in [-0.4, -0.2) is 44.1 Å². The quantitative estimate of drug-likeness (QED) is 0.818. The highest BCUT2D eigenvalue weighted by atomic mass is 16.5. The van der Waals surface area contributed by atoms with Gasteiger partial charge in [0.25, 0.3) is 5.91 Å². The predicted octanol–water partition coefficient (Wildman–Crippen LogP) is 1.49. The number of carbonyl (C=O) groups is 1. The lowest BCUT2D eigenvalue weighted by atomic mass is 10.0. The maximum atomic E-state index is 12.2. The second-order valence-corrected chi connectivity index (χ2v) is 5.26. The Kier molecular flexibility index (Phi) is 4.84. The molecule has 2 rings (SSSR count). The van der Waals surface area contributed by atoms with E-state index in [1.807, 2.05) is 0 Å². The molecule has 110 valence electrons. The highest BCUT2D eigenvalue weighted by Crippen LogP contribution is 2.24. The number of carbonyl (C=O) groups excluding carboxylic acids is 1. The van der Waals surface area contributed by atoms with E-state index in [9.17, 15) is 4.79 Å². The van der Waals surface area contributed by atoms with E-state index in [2.05, 4.69) is 17.3 Å². The highest BCUT2D eigenvalue weighted by Gasteiger charge is 2.20. The van der Waals surface area contributed by atoms with Crippen LogP contribution in [0, 0.1) is 0 Å². The number of nitrogen functional groups attached to an aromatic ring is 1. The van der Waals surface area contributed by atoms with Gasteiger partial charge in [0, 0.05) is 12.6 Å². The van der Waals surface area contributed by atoms with E-state index in [1.165, 1.54) is 12.8 Å². The van der Waals surface area contributed by atoms with E-state index in [0.717, 1.165) is 13.0 Å². The van der Waals surface area contributed by atoms with Crippen LogP contribution in [0.1, 0.15) is 29.6 Å². The van der Waals surface area contributed by atoms with Crippen molar-refractivity contribution in [2.75, 3.05) is 33.0 Å². The smallest absolute Gasteiger partial charge is 0.253 e. The van der Waals surface area contributed by atoms with Crippen LogP contribution in [0.4, 0.5) is 5.69 Å². The van der Waals surface area contributed by atoms with E-state index in [1.54, 1.807) is 25.3 Å². The number of likely N-dealkylation sites (tertiary alicyclic amines) is 1. The molecule has 1 amide bonds.